The third-order valence-corrected chi connectivity index (χ3v) is 4.65. The summed E-state index contributed by atoms with van der Waals surface area (Å²) in [7, 11) is 0. The fourth-order valence-corrected chi connectivity index (χ4v) is 3.48. The molecule has 0 aliphatic heterocycles. The van der Waals surface area contributed by atoms with Gasteiger partial charge in [-0.05, 0) is 36.6 Å². The number of hydrogen-bond acceptors (Lipinski definition) is 3. The van der Waals surface area contributed by atoms with E-state index in [0.717, 1.165) is 12.5 Å². The van der Waals surface area contributed by atoms with Crippen LogP contribution in [-0.2, 0) is 6.54 Å². The van der Waals surface area contributed by atoms with Gasteiger partial charge in [0.2, 0.25) is 0 Å². The van der Waals surface area contributed by atoms with E-state index in [1.807, 2.05) is 6.20 Å². The highest BCUT2D eigenvalue weighted by Gasteiger charge is 2.21. The molecule has 1 aliphatic rings. The van der Waals surface area contributed by atoms with Crippen LogP contribution in [0.1, 0.15) is 31.7 Å². The van der Waals surface area contributed by atoms with Crippen LogP contribution in [0.3, 0.4) is 0 Å². The first-order valence-electron chi connectivity index (χ1n) is 6.62. The molecule has 2 N–H and O–H groups in total. The van der Waals surface area contributed by atoms with E-state index in [-0.39, 0.29) is 0 Å². The molecular formula is C14H19N3S. The van der Waals surface area contributed by atoms with Crippen molar-refractivity contribution in [2.24, 2.45) is 5.92 Å². The summed E-state index contributed by atoms with van der Waals surface area (Å²) in [4.78, 5) is 1.27. The van der Waals surface area contributed by atoms with E-state index in [2.05, 4.69) is 40.0 Å². The van der Waals surface area contributed by atoms with Crippen LogP contribution in [0.5, 0.6) is 0 Å². The van der Waals surface area contributed by atoms with Crippen LogP contribution in [0.15, 0.2) is 23.7 Å². The van der Waals surface area contributed by atoms with Crippen molar-refractivity contribution in [1.82, 2.24) is 15.5 Å². The fourth-order valence-electron chi connectivity index (χ4n) is 2.73. The first-order valence-corrected chi connectivity index (χ1v) is 7.50. The highest BCUT2D eigenvalue weighted by atomic mass is 32.1. The minimum absolute atomic E-state index is 0.686. The Labute approximate surface area is 112 Å². The summed E-state index contributed by atoms with van der Waals surface area (Å²) in [5.41, 5.74) is 2.44. The van der Waals surface area contributed by atoms with Gasteiger partial charge in [-0.1, -0.05) is 13.0 Å². The zero-order chi connectivity index (χ0) is 12.4. The lowest BCUT2D eigenvalue weighted by Gasteiger charge is -2.11. The molecule has 2 heterocycles. The average molecular weight is 261 g/mol. The lowest BCUT2D eigenvalue weighted by Crippen LogP contribution is -2.25. The molecule has 1 saturated carbocycles. The van der Waals surface area contributed by atoms with E-state index < -0.39 is 0 Å². The Morgan fingerprint density at radius 1 is 1.50 bits per heavy atom. The summed E-state index contributed by atoms with van der Waals surface area (Å²) in [6.07, 6.45) is 5.93. The summed E-state index contributed by atoms with van der Waals surface area (Å²) >= 11 is 1.75. The van der Waals surface area contributed by atoms with Crippen molar-refractivity contribution < 1.29 is 0 Å². The van der Waals surface area contributed by atoms with Crippen LogP contribution in [0.2, 0.25) is 0 Å². The van der Waals surface area contributed by atoms with Gasteiger partial charge in [0.25, 0.3) is 0 Å². The number of thiophene rings is 1. The van der Waals surface area contributed by atoms with Crippen LogP contribution in [0.25, 0.3) is 10.6 Å². The molecular weight excluding hydrogens is 242 g/mol. The summed E-state index contributed by atoms with van der Waals surface area (Å²) < 4.78 is 0. The highest BCUT2D eigenvalue weighted by molar-refractivity contribution is 7.13. The molecule has 0 radical (unpaired) electrons. The predicted molar refractivity (Wildman–Crippen MR) is 75.5 cm³/mol. The Kier molecular flexibility index (Phi) is 3.48. The molecule has 0 aromatic carbocycles. The van der Waals surface area contributed by atoms with Crippen molar-refractivity contribution in [3.63, 3.8) is 0 Å². The normalized spacial score (nSPS) is 23.6. The van der Waals surface area contributed by atoms with Crippen molar-refractivity contribution in [2.75, 3.05) is 0 Å². The number of H-pyrrole nitrogens is 1. The van der Waals surface area contributed by atoms with Gasteiger partial charge in [-0.2, -0.15) is 5.10 Å². The monoisotopic (exact) mass is 261 g/mol. The second kappa shape index (κ2) is 5.24. The second-order valence-corrected chi connectivity index (χ2v) is 6.19. The molecule has 3 nitrogen and oxygen atoms in total. The minimum Gasteiger partial charge on any atom is -0.310 e. The van der Waals surface area contributed by atoms with E-state index in [0.29, 0.717) is 6.04 Å². The summed E-state index contributed by atoms with van der Waals surface area (Å²) in [6, 6.07) is 4.90. The van der Waals surface area contributed by atoms with Gasteiger partial charge in [0.1, 0.15) is 0 Å². The van der Waals surface area contributed by atoms with Gasteiger partial charge in [-0.15, -0.1) is 11.3 Å². The van der Waals surface area contributed by atoms with Gasteiger partial charge in [-0.25, -0.2) is 0 Å². The molecule has 2 aromatic rings. The predicted octanol–water partition coefficient (Wildman–Crippen LogP) is 3.42. The van der Waals surface area contributed by atoms with Gasteiger partial charge in [0.05, 0.1) is 16.8 Å². The molecule has 2 atom stereocenters. The summed E-state index contributed by atoms with van der Waals surface area (Å²) in [5, 5.41) is 13.1. The Bertz CT molecular complexity index is 489. The zero-order valence-corrected chi connectivity index (χ0v) is 11.5. The first kappa shape index (κ1) is 11.9. The number of nitrogens with one attached hydrogen (secondary N) is 2. The molecule has 0 spiro atoms. The first-order chi connectivity index (χ1) is 8.83. The summed E-state index contributed by atoms with van der Waals surface area (Å²) in [6.45, 7) is 3.26. The van der Waals surface area contributed by atoms with E-state index >= 15 is 0 Å². The molecule has 18 heavy (non-hydrogen) atoms. The minimum atomic E-state index is 0.686. The van der Waals surface area contributed by atoms with Crippen molar-refractivity contribution in [2.45, 2.75) is 38.8 Å². The van der Waals surface area contributed by atoms with Gasteiger partial charge < -0.3 is 5.32 Å². The van der Waals surface area contributed by atoms with Gasteiger partial charge >= 0.3 is 0 Å². The Hall–Kier alpha value is -1.13. The maximum atomic E-state index is 4.18. The fraction of sp³-hybridized carbons (Fsp3) is 0.500. The maximum absolute atomic E-state index is 4.18. The number of aromatic amines is 1. The second-order valence-electron chi connectivity index (χ2n) is 5.24. The quantitative estimate of drug-likeness (QED) is 0.885. The smallest absolute Gasteiger partial charge is 0.0794 e. The highest BCUT2D eigenvalue weighted by Crippen LogP contribution is 2.27. The summed E-state index contributed by atoms with van der Waals surface area (Å²) in [5.74, 6) is 0.878. The largest absolute Gasteiger partial charge is 0.310 e. The third-order valence-electron chi connectivity index (χ3n) is 3.76. The third kappa shape index (κ3) is 2.49. The Morgan fingerprint density at radius 2 is 2.44 bits per heavy atom. The van der Waals surface area contributed by atoms with E-state index in [1.165, 1.54) is 35.4 Å². The lowest BCUT2D eigenvalue weighted by atomic mass is 10.1. The number of rotatable bonds is 4. The Morgan fingerprint density at radius 3 is 3.17 bits per heavy atom. The zero-order valence-electron chi connectivity index (χ0n) is 10.6. The van der Waals surface area contributed by atoms with Crippen LogP contribution in [0, 0.1) is 5.92 Å². The SMILES string of the molecule is CC1CCC(NCc2cn[nH]c2-c2cccs2)C1. The molecule has 2 unspecified atom stereocenters. The topological polar surface area (TPSA) is 40.7 Å². The van der Waals surface area contributed by atoms with E-state index in [1.54, 1.807) is 11.3 Å². The van der Waals surface area contributed by atoms with E-state index in [4.69, 9.17) is 0 Å². The molecule has 4 heteroatoms. The van der Waals surface area contributed by atoms with Crippen LogP contribution in [-0.4, -0.2) is 16.2 Å². The molecule has 0 saturated heterocycles. The van der Waals surface area contributed by atoms with Crippen LogP contribution >= 0.6 is 11.3 Å². The average Bonchev–Trinajstić information content (AvgIpc) is 3.07. The molecule has 3 rings (SSSR count). The molecule has 1 aliphatic carbocycles. The maximum Gasteiger partial charge on any atom is 0.0794 e. The molecule has 1 fully saturated rings. The van der Waals surface area contributed by atoms with Crippen molar-refractivity contribution in [1.29, 1.82) is 0 Å². The number of aromatic nitrogens is 2. The lowest BCUT2D eigenvalue weighted by molar-refractivity contribution is 0.502. The van der Waals surface area contributed by atoms with Crippen LogP contribution in [0.4, 0.5) is 0 Å². The molecule has 0 amide bonds. The van der Waals surface area contributed by atoms with Gasteiger partial charge in [-0.3, -0.25) is 5.10 Å². The molecule has 2 aromatic heterocycles. The molecule has 96 valence electrons. The Balaban J connectivity index is 1.65. The van der Waals surface area contributed by atoms with Crippen LogP contribution < -0.4 is 5.32 Å². The van der Waals surface area contributed by atoms with Gasteiger partial charge in [0, 0.05) is 18.2 Å². The standard InChI is InChI=1S/C14H19N3S/c1-10-4-5-12(7-10)15-8-11-9-16-17-14(11)13-3-2-6-18-13/h2-3,6,9-10,12,15H,4-5,7-8H2,1H3,(H,16,17). The van der Waals surface area contributed by atoms with Crippen molar-refractivity contribution in [3.8, 4) is 10.6 Å². The van der Waals surface area contributed by atoms with Crippen molar-refractivity contribution >= 4 is 11.3 Å². The van der Waals surface area contributed by atoms with Crippen molar-refractivity contribution in [3.05, 3.63) is 29.3 Å². The number of hydrogen-bond donors (Lipinski definition) is 2. The molecule has 0 bridgehead atoms. The number of nitrogens with zero attached hydrogens (tertiary/aromatic N) is 1. The van der Waals surface area contributed by atoms with Gasteiger partial charge in [0.15, 0.2) is 0 Å². The van der Waals surface area contributed by atoms with E-state index in [9.17, 15) is 0 Å².